The number of carbonyl (C=O) groups is 3. The first kappa shape index (κ1) is 16.1. The molecule has 1 aliphatic rings. The lowest BCUT2D eigenvalue weighted by Crippen LogP contribution is -2.20. The second kappa shape index (κ2) is 6.40. The second-order valence-electron chi connectivity index (χ2n) is 6.07. The largest absolute Gasteiger partial charge is 0.463 e. The van der Waals surface area contributed by atoms with Gasteiger partial charge in [-0.1, -0.05) is 60.2 Å². The second-order valence-corrected chi connectivity index (χ2v) is 6.07. The Bertz CT molecular complexity index is 777. The molecule has 4 nitrogen and oxygen atoms in total. The maximum Gasteiger partial charge on any atom is 0.374 e. The molecule has 1 aliphatic carbocycles. The van der Waals surface area contributed by atoms with Gasteiger partial charge in [-0.25, -0.2) is 4.79 Å². The highest BCUT2D eigenvalue weighted by Crippen LogP contribution is 2.56. The van der Waals surface area contributed by atoms with Crippen molar-refractivity contribution in [3.8, 4) is 0 Å². The standard InChI is InChI=1S/C20H18O4/c1-12-8-10-13(11-9-12)15-16(17(15)19(22)20(23)24-2)18(21)14-6-4-3-5-7-14/h3-11,15-17H,1-2H3/t15-,16-,17+/m1/s1. The summed E-state index contributed by atoms with van der Waals surface area (Å²) in [4.78, 5) is 36.7. The van der Waals surface area contributed by atoms with E-state index in [1.807, 2.05) is 37.3 Å². The van der Waals surface area contributed by atoms with Crippen molar-refractivity contribution >= 4 is 17.5 Å². The van der Waals surface area contributed by atoms with E-state index in [0.29, 0.717) is 5.56 Å². The van der Waals surface area contributed by atoms with Crippen LogP contribution in [0.1, 0.15) is 27.4 Å². The smallest absolute Gasteiger partial charge is 0.374 e. The average molecular weight is 322 g/mol. The van der Waals surface area contributed by atoms with Crippen molar-refractivity contribution in [2.75, 3.05) is 7.11 Å². The van der Waals surface area contributed by atoms with Crippen LogP contribution in [0.4, 0.5) is 0 Å². The van der Waals surface area contributed by atoms with Gasteiger partial charge in [0, 0.05) is 23.3 Å². The lowest BCUT2D eigenvalue weighted by molar-refractivity contribution is -0.152. The molecule has 0 aromatic heterocycles. The first-order chi connectivity index (χ1) is 11.5. The number of benzene rings is 2. The maximum atomic E-state index is 12.8. The first-order valence-corrected chi connectivity index (χ1v) is 7.82. The quantitative estimate of drug-likeness (QED) is 0.482. The molecule has 0 aliphatic heterocycles. The molecule has 1 saturated carbocycles. The molecule has 4 heteroatoms. The number of hydrogen-bond donors (Lipinski definition) is 0. The molecular formula is C20H18O4. The predicted octanol–water partition coefficient (Wildman–Crippen LogP) is 2.95. The zero-order chi connectivity index (χ0) is 17.3. The van der Waals surface area contributed by atoms with E-state index in [1.165, 1.54) is 7.11 Å². The Balaban J connectivity index is 1.92. The van der Waals surface area contributed by atoms with Crippen LogP contribution in [-0.4, -0.2) is 24.6 Å². The summed E-state index contributed by atoms with van der Waals surface area (Å²) < 4.78 is 4.55. The molecule has 3 atom stereocenters. The fourth-order valence-electron chi connectivity index (χ4n) is 3.20. The van der Waals surface area contributed by atoms with Gasteiger partial charge in [0.05, 0.1) is 7.11 Å². The fraction of sp³-hybridized carbons (Fsp3) is 0.250. The molecule has 0 bridgehead atoms. The third kappa shape index (κ3) is 2.87. The first-order valence-electron chi connectivity index (χ1n) is 7.82. The molecule has 0 amide bonds. The van der Waals surface area contributed by atoms with Crippen LogP contribution < -0.4 is 0 Å². The van der Waals surface area contributed by atoms with Crippen LogP contribution in [0.2, 0.25) is 0 Å². The fourth-order valence-corrected chi connectivity index (χ4v) is 3.20. The highest BCUT2D eigenvalue weighted by molar-refractivity contribution is 6.36. The maximum absolute atomic E-state index is 12.8. The van der Waals surface area contributed by atoms with E-state index in [2.05, 4.69) is 4.74 Å². The van der Waals surface area contributed by atoms with Gasteiger partial charge in [0.1, 0.15) is 0 Å². The molecule has 0 saturated heterocycles. The number of Topliss-reactive ketones (excluding diaryl/α,β-unsaturated/α-hetero) is 2. The van der Waals surface area contributed by atoms with Crippen molar-refractivity contribution in [1.82, 2.24) is 0 Å². The number of hydrogen-bond acceptors (Lipinski definition) is 4. The van der Waals surface area contributed by atoms with Crippen LogP contribution in [0.25, 0.3) is 0 Å². The van der Waals surface area contributed by atoms with Gasteiger partial charge in [-0.3, -0.25) is 9.59 Å². The molecule has 3 rings (SSSR count). The van der Waals surface area contributed by atoms with Gasteiger partial charge < -0.3 is 4.74 Å². The Morgan fingerprint density at radius 3 is 2.08 bits per heavy atom. The predicted molar refractivity (Wildman–Crippen MR) is 88.7 cm³/mol. The molecule has 0 unspecified atom stereocenters. The Hall–Kier alpha value is -2.75. The molecule has 122 valence electrons. The summed E-state index contributed by atoms with van der Waals surface area (Å²) in [5.41, 5.74) is 2.55. The molecule has 2 aromatic carbocycles. The molecule has 0 radical (unpaired) electrons. The topological polar surface area (TPSA) is 60.4 Å². The van der Waals surface area contributed by atoms with Gasteiger partial charge in [-0.05, 0) is 12.5 Å². The van der Waals surface area contributed by atoms with Gasteiger partial charge in [0.2, 0.25) is 5.78 Å². The Kier molecular flexibility index (Phi) is 4.30. The Morgan fingerprint density at radius 1 is 0.875 bits per heavy atom. The minimum Gasteiger partial charge on any atom is -0.463 e. The summed E-state index contributed by atoms with van der Waals surface area (Å²) in [6.45, 7) is 1.97. The number of ketones is 2. The summed E-state index contributed by atoms with van der Waals surface area (Å²) in [5.74, 6) is -3.05. The summed E-state index contributed by atoms with van der Waals surface area (Å²) in [6.07, 6.45) is 0. The van der Waals surface area contributed by atoms with Gasteiger partial charge >= 0.3 is 5.97 Å². The average Bonchev–Trinajstić information content (AvgIpc) is 3.36. The van der Waals surface area contributed by atoms with Crippen LogP contribution in [-0.2, 0) is 14.3 Å². The minimum atomic E-state index is -0.888. The van der Waals surface area contributed by atoms with Crippen molar-refractivity contribution in [3.05, 3.63) is 71.3 Å². The van der Waals surface area contributed by atoms with E-state index in [1.54, 1.807) is 24.3 Å². The summed E-state index contributed by atoms with van der Waals surface area (Å²) >= 11 is 0. The number of methoxy groups -OCH3 is 1. The van der Waals surface area contributed by atoms with Crippen LogP contribution >= 0.6 is 0 Å². The van der Waals surface area contributed by atoms with Crippen LogP contribution in [0.3, 0.4) is 0 Å². The van der Waals surface area contributed by atoms with E-state index in [9.17, 15) is 14.4 Å². The summed E-state index contributed by atoms with van der Waals surface area (Å²) in [6, 6.07) is 16.6. The summed E-state index contributed by atoms with van der Waals surface area (Å²) in [5, 5.41) is 0. The third-order valence-electron chi connectivity index (χ3n) is 4.53. The van der Waals surface area contributed by atoms with Crippen molar-refractivity contribution in [2.24, 2.45) is 11.8 Å². The van der Waals surface area contributed by atoms with Crippen molar-refractivity contribution in [3.63, 3.8) is 0 Å². The molecule has 0 spiro atoms. The zero-order valence-corrected chi connectivity index (χ0v) is 13.6. The normalized spacial score (nSPS) is 21.8. The van der Waals surface area contributed by atoms with E-state index in [4.69, 9.17) is 0 Å². The lowest BCUT2D eigenvalue weighted by atomic mass is 10.0. The number of aryl methyl sites for hydroxylation is 1. The number of ether oxygens (including phenoxy) is 1. The Labute approximate surface area is 140 Å². The van der Waals surface area contributed by atoms with E-state index < -0.39 is 23.6 Å². The lowest BCUT2D eigenvalue weighted by Gasteiger charge is -2.01. The third-order valence-corrected chi connectivity index (χ3v) is 4.53. The van der Waals surface area contributed by atoms with Gasteiger partial charge in [-0.2, -0.15) is 0 Å². The van der Waals surface area contributed by atoms with E-state index >= 15 is 0 Å². The van der Waals surface area contributed by atoms with Crippen LogP contribution in [0.5, 0.6) is 0 Å². The van der Waals surface area contributed by atoms with Crippen LogP contribution in [0.15, 0.2) is 54.6 Å². The Morgan fingerprint density at radius 2 is 1.50 bits per heavy atom. The molecular weight excluding hydrogens is 304 g/mol. The SMILES string of the molecule is COC(=O)C(=O)[C@@H]1[C@H](C(=O)c2ccccc2)[C@H]1c1ccc(C)cc1. The van der Waals surface area contributed by atoms with Crippen molar-refractivity contribution in [1.29, 1.82) is 0 Å². The molecule has 24 heavy (non-hydrogen) atoms. The number of esters is 1. The van der Waals surface area contributed by atoms with Gasteiger partial charge in [0.15, 0.2) is 5.78 Å². The zero-order valence-electron chi connectivity index (χ0n) is 13.6. The molecule has 0 N–H and O–H groups in total. The van der Waals surface area contributed by atoms with Gasteiger partial charge in [-0.15, -0.1) is 0 Å². The number of rotatable bonds is 5. The van der Waals surface area contributed by atoms with E-state index in [0.717, 1.165) is 11.1 Å². The number of carbonyl (C=O) groups excluding carboxylic acids is 3. The van der Waals surface area contributed by atoms with Gasteiger partial charge in [0.25, 0.3) is 0 Å². The van der Waals surface area contributed by atoms with Crippen molar-refractivity contribution < 1.29 is 19.1 Å². The summed E-state index contributed by atoms with van der Waals surface area (Å²) in [7, 11) is 1.18. The van der Waals surface area contributed by atoms with Crippen LogP contribution in [0, 0.1) is 18.8 Å². The highest BCUT2D eigenvalue weighted by atomic mass is 16.5. The minimum absolute atomic E-state index is 0.108. The monoisotopic (exact) mass is 322 g/mol. The molecule has 0 heterocycles. The molecule has 1 fully saturated rings. The highest BCUT2D eigenvalue weighted by Gasteiger charge is 2.60. The van der Waals surface area contributed by atoms with Crippen molar-refractivity contribution in [2.45, 2.75) is 12.8 Å². The molecule has 2 aromatic rings. The van der Waals surface area contributed by atoms with E-state index in [-0.39, 0.29) is 11.7 Å².